The molecule has 0 heterocycles. The summed E-state index contributed by atoms with van der Waals surface area (Å²) in [6, 6.07) is 0. The summed E-state index contributed by atoms with van der Waals surface area (Å²) in [5.41, 5.74) is -0.231. The van der Waals surface area contributed by atoms with E-state index in [1.807, 2.05) is 0 Å². The van der Waals surface area contributed by atoms with Crippen molar-refractivity contribution in [2.75, 3.05) is 0 Å². The van der Waals surface area contributed by atoms with Crippen LogP contribution in [0.1, 0.15) is 71.1 Å². The van der Waals surface area contributed by atoms with E-state index in [9.17, 15) is 9.59 Å². The Balaban J connectivity index is 1.93. The molecule has 0 aliphatic heterocycles. The van der Waals surface area contributed by atoms with Crippen LogP contribution in [-0.4, -0.2) is 22.6 Å². The van der Waals surface area contributed by atoms with E-state index in [-0.39, 0.29) is 23.9 Å². The highest BCUT2D eigenvalue weighted by atomic mass is 16.6. The molecule has 114 valence electrons. The molecular formula is C16H26O4. The van der Waals surface area contributed by atoms with Crippen molar-refractivity contribution in [2.24, 2.45) is 11.8 Å². The minimum Gasteiger partial charge on any atom is -0.481 e. The third kappa shape index (κ3) is 3.53. The molecular weight excluding hydrogens is 256 g/mol. The summed E-state index contributed by atoms with van der Waals surface area (Å²) >= 11 is 0. The van der Waals surface area contributed by atoms with Crippen molar-refractivity contribution in [3.63, 3.8) is 0 Å². The van der Waals surface area contributed by atoms with Crippen molar-refractivity contribution in [1.82, 2.24) is 0 Å². The van der Waals surface area contributed by atoms with Gasteiger partial charge < -0.3 is 9.84 Å². The lowest BCUT2D eigenvalue weighted by atomic mass is 9.84. The van der Waals surface area contributed by atoms with Gasteiger partial charge >= 0.3 is 11.9 Å². The van der Waals surface area contributed by atoms with Crippen LogP contribution in [0.25, 0.3) is 0 Å². The van der Waals surface area contributed by atoms with Gasteiger partial charge in [-0.2, -0.15) is 0 Å². The molecule has 0 amide bonds. The molecule has 1 unspecified atom stereocenters. The topological polar surface area (TPSA) is 63.6 Å². The van der Waals surface area contributed by atoms with Crippen molar-refractivity contribution >= 4 is 11.9 Å². The van der Waals surface area contributed by atoms with Crippen molar-refractivity contribution in [2.45, 2.75) is 76.7 Å². The summed E-state index contributed by atoms with van der Waals surface area (Å²) in [6.07, 6.45) is 9.54. The molecule has 2 aliphatic carbocycles. The predicted octanol–water partition coefficient (Wildman–Crippen LogP) is 3.53. The minimum atomic E-state index is -0.851. The van der Waals surface area contributed by atoms with Gasteiger partial charge in [-0.1, -0.05) is 19.8 Å². The summed E-state index contributed by atoms with van der Waals surface area (Å²) in [5.74, 6) is -0.832. The molecule has 0 bridgehead atoms. The molecule has 1 atom stereocenters. The second-order valence-corrected chi connectivity index (χ2v) is 6.51. The largest absolute Gasteiger partial charge is 0.481 e. The first-order chi connectivity index (χ1) is 9.53. The van der Waals surface area contributed by atoms with E-state index >= 15 is 0 Å². The molecule has 0 saturated heterocycles. The fourth-order valence-electron chi connectivity index (χ4n) is 3.78. The van der Waals surface area contributed by atoms with E-state index in [2.05, 4.69) is 0 Å². The molecule has 4 nitrogen and oxygen atoms in total. The number of ether oxygens (including phenoxy) is 1. The van der Waals surface area contributed by atoms with Gasteiger partial charge in [0.1, 0.15) is 5.60 Å². The minimum absolute atomic E-state index is 0.0344. The molecule has 0 spiro atoms. The van der Waals surface area contributed by atoms with E-state index in [1.54, 1.807) is 6.92 Å². The van der Waals surface area contributed by atoms with Crippen molar-refractivity contribution in [3.05, 3.63) is 0 Å². The van der Waals surface area contributed by atoms with Gasteiger partial charge in [-0.3, -0.25) is 9.59 Å². The molecule has 2 rings (SSSR count). The zero-order valence-electron chi connectivity index (χ0n) is 12.4. The van der Waals surface area contributed by atoms with Gasteiger partial charge in [0, 0.05) is 6.42 Å². The van der Waals surface area contributed by atoms with Crippen molar-refractivity contribution in [1.29, 1.82) is 0 Å². The lowest BCUT2D eigenvalue weighted by molar-refractivity contribution is -0.170. The predicted molar refractivity (Wildman–Crippen MR) is 75.3 cm³/mol. The summed E-state index contributed by atoms with van der Waals surface area (Å²) in [7, 11) is 0. The number of rotatable bonds is 6. The van der Waals surface area contributed by atoms with Gasteiger partial charge in [-0.05, 0) is 50.9 Å². The Labute approximate surface area is 120 Å². The number of carbonyl (C=O) groups excluding carboxylic acids is 1. The average Bonchev–Trinajstić information content (AvgIpc) is 3.06. The summed E-state index contributed by atoms with van der Waals surface area (Å²) in [5, 5.41) is 8.70. The average molecular weight is 282 g/mol. The summed E-state index contributed by atoms with van der Waals surface area (Å²) in [4.78, 5) is 22.8. The standard InChI is InChI=1S/C16H26O4/c1-12(8-9-14(17)18)15(19)20-16(10-4-5-11-16)13-6-2-3-7-13/h12-13H,2-11H2,1H3,(H,17,18). The highest BCUT2D eigenvalue weighted by molar-refractivity contribution is 5.74. The van der Waals surface area contributed by atoms with Crippen LogP contribution >= 0.6 is 0 Å². The van der Waals surface area contributed by atoms with E-state index in [4.69, 9.17) is 9.84 Å². The first-order valence-corrected chi connectivity index (χ1v) is 7.98. The first-order valence-electron chi connectivity index (χ1n) is 7.98. The summed E-state index contributed by atoms with van der Waals surface area (Å²) in [6.45, 7) is 1.78. The van der Waals surface area contributed by atoms with Crippen LogP contribution in [0.4, 0.5) is 0 Å². The van der Waals surface area contributed by atoms with Gasteiger partial charge in [0.2, 0.25) is 0 Å². The van der Waals surface area contributed by atoms with Gasteiger partial charge in [-0.15, -0.1) is 0 Å². The first kappa shape index (κ1) is 15.3. The lowest BCUT2D eigenvalue weighted by Gasteiger charge is -2.36. The number of hydrogen-bond acceptors (Lipinski definition) is 3. The highest BCUT2D eigenvalue weighted by Gasteiger charge is 2.45. The van der Waals surface area contributed by atoms with Crippen LogP contribution in [0.5, 0.6) is 0 Å². The molecule has 0 aromatic carbocycles. The second kappa shape index (κ2) is 6.59. The molecule has 2 fully saturated rings. The molecule has 0 radical (unpaired) electrons. The molecule has 0 aromatic rings. The number of carboxylic acids is 1. The maximum absolute atomic E-state index is 12.3. The number of aliphatic carboxylic acids is 1. The van der Waals surface area contributed by atoms with Crippen molar-refractivity contribution < 1.29 is 19.4 Å². The smallest absolute Gasteiger partial charge is 0.309 e. The molecule has 4 heteroatoms. The van der Waals surface area contributed by atoms with Gasteiger partial charge in [-0.25, -0.2) is 0 Å². The fraction of sp³-hybridized carbons (Fsp3) is 0.875. The normalized spacial score (nSPS) is 23.6. The quantitative estimate of drug-likeness (QED) is 0.757. The monoisotopic (exact) mass is 282 g/mol. The van der Waals surface area contributed by atoms with Crippen LogP contribution in [0, 0.1) is 11.8 Å². The lowest BCUT2D eigenvalue weighted by Crippen LogP contribution is -2.40. The van der Waals surface area contributed by atoms with E-state index in [0.29, 0.717) is 12.3 Å². The number of esters is 1. The van der Waals surface area contributed by atoms with Gasteiger partial charge in [0.15, 0.2) is 0 Å². The third-order valence-corrected chi connectivity index (χ3v) is 5.05. The summed E-state index contributed by atoms with van der Waals surface area (Å²) < 4.78 is 5.95. The van der Waals surface area contributed by atoms with Gasteiger partial charge in [0.25, 0.3) is 0 Å². The Kier molecular flexibility index (Phi) is 5.06. The van der Waals surface area contributed by atoms with E-state index in [1.165, 1.54) is 25.7 Å². The zero-order chi connectivity index (χ0) is 14.6. The molecule has 2 aliphatic rings. The third-order valence-electron chi connectivity index (χ3n) is 5.05. The molecule has 2 saturated carbocycles. The Bertz CT molecular complexity index is 351. The number of hydrogen-bond donors (Lipinski definition) is 1. The van der Waals surface area contributed by atoms with E-state index < -0.39 is 5.97 Å². The van der Waals surface area contributed by atoms with Crippen LogP contribution in [0.2, 0.25) is 0 Å². The van der Waals surface area contributed by atoms with Gasteiger partial charge in [0.05, 0.1) is 5.92 Å². The molecule has 20 heavy (non-hydrogen) atoms. The fourth-order valence-corrected chi connectivity index (χ4v) is 3.78. The molecule has 1 N–H and O–H groups in total. The zero-order valence-corrected chi connectivity index (χ0v) is 12.4. The number of carbonyl (C=O) groups is 2. The van der Waals surface area contributed by atoms with Crippen LogP contribution < -0.4 is 0 Å². The van der Waals surface area contributed by atoms with Crippen LogP contribution in [-0.2, 0) is 14.3 Å². The van der Waals surface area contributed by atoms with E-state index in [0.717, 1.165) is 25.7 Å². The SMILES string of the molecule is CC(CCC(=O)O)C(=O)OC1(C2CCCC2)CCCC1. The Hall–Kier alpha value is -1.06. The Morgan fingerprint density at radius 3 is 2.35 bits per heavy atom. The Morgan fingerprint density at radius 1 is 1.20 bits per heavy atom. The van der Waals surface area contributed by atoms with Crippen molar-refractivity contribution in [3.8, 4) is 0 Å². The van der Waals surface area contributed by atoms with Crippen LogP contribution in [0.3, 0.4) is 0 Å². The number of carboxylic acid groups (broad SMARTS) is 1. The molecule has 0 aromatic heterocycles. The maximum Gasteiger partial charge on any atom is 0.309 e. The Morgan fingerprint density at radius 2 is 1.80 bits per heavy atom. The maximum atomic E-state index is 12.3. The van der Waals surface area contributed by atoms with Crippen LogP contribution in [0.15, 0.2) is 0 Å². The second-order valence-electron chi connectivity index (χ2n) is 6.51. The highest BCUT2D eigenvalue weighted by Crippen LogP contribution is 2.46.